The summed E-state index contributed by atoms with van der Waals surface area (Å²) >= 11 is 0. The topological polar surface area (TPSA) is 100 Å². The molecular formula is C25H27N5O4. The largest absolute Gasteiger partial charge is 0.493 e. The van der Waals surface area contributed by atoms with Gasteiger partial charge in [-0.2, -0.15) is 4.98 Å². The second kappa shape index (κ2) is 8.16. The first-order chi connectivity index (χ1) is 16.3. The van der Waals surface area contributed by atoms with Crippen LogP contribution in [0.4, 0.5) is 5.95 Å². The van der Waals surface area contributed by atoms with E-state index in [9.17, 15) is 4.79 Å². The van der Waals surface area contributed by atoms with Gasteiger partial charge in [0.05, 0.1) is 21.3 Å². The molecule has 3 aromatic rings. The predicted molar refractivity (Wildman–Crippen MR) is 126 cm³/mol. The van der Waals surface area contributed by atoms with Crippen LogP contribution in [0.5, 0.6) is 17.2 Å². The molecule has 0 bridgehead atoms. The highest BCUT2D eigenvalue weighted by molar-refractivity contribution is 6.00. The van der Waals surface area contributed by atoms with Gasteiger partial charge in [-0.15, -0.1) is 5.10 Å². The van der Waals surface area contributed by atoms with Gasteiger partial charge in [0.15, 0.2) is 23.1 Å². The first-order valence-electron chi connectivity index (χ1n) is 11.1. The second-order valence-electron chi connectivity index (χ2n) is 9.26. The number of fused-ring (bicyclic) bond motifs is 1. The van der Waals surface area contributed by atoms with E-state index in [2.05, 4.69) is 24.1 Å². The third-order valence-electron chi connectivity index (χ3n) is 6.27. The van der Waals surface area contributed by atoms with E-state index in [0.717, 1.165) is 23.2 Å². The van der Waals surface area contributed by atoms with Gasteiger partial charge in [-0.1, -0.05) is 13.8 Å². The van der Waals surface area contributed by atoms with Gasteiger partial charge in [0.25, 0.3) is 0 Å². The van der Waals surface area contributed by atoms with E-state index < -0.39 is 6.04 Å². The summed E-state index contributed by atoms with van der Waals surface area (Å²) in [6.07, 6.45) is 4.59. The molecule has 1 N–H and O–H groups in total. The van der Waals surface area contributed by atoms with Crippen molar-refractivity contribution in [2.75, 3.05) is 26.6 Å². The fourth-order valence-electron chi connectivity index (χ4n) is 4.80. The maximum atomic E-state index is 13.5. The van der Waals surface area contributed by atoms with Gasteiger partial charge >= 0.3 is 0 Å². The van der Waals surface area contributed by atoms with Crippen LogP contribution < -0.4 is 19.5 Å². The number of allylic oxidation sites excluding steroid dienone is 2. The standard InChI is InChI=1S/C25H27N5O4/c1-25(2)12-16-20(17(31)13-25)21(15-10-18(32-3)22(34-5)19(11-15)33-4)30-24(27-16)28-23(29-30)14-6-8-26-9-7-14/h6-11,21H,12-13H2,1-5H3,(H,27,28,29)/t21-/m0/s1. The Bertz CT molecular complexity index is 1270. The van der Waals surface area contributed by atoms with Crippen molar-refractivity contribution in [3.05, 3.63) is 53.5 Å². The van der Waals surface area contributed by atoms with Crippen LogP contribution in [-0.4, -0.2) is 46.9 Å². The summed E-state index contributed by atoms with van der Waals surface area (Å²) in [7, 11) is 4.71. The summed E-state index contributed by atoms with van der Waals surface area (Å²) in [6, 6.07) is 6.96. The molecule has 1 aliphatic heterocycles. The molecule has 5 rings (SSSR count). The molecule has 176 valence electrons. The summed E-state index contributed by atoms with van der Waals surface area (Å²) in [4.78, 5) is 22.3. The fourth-order valence-corrected chi connectivity index (χ4v) is 4.80. The lowest BCUT2D eigenvalue weighted by molar-refractivity contribution is -0.118. The minimum Gasteiger partial charge on any atom is -0.493 e. The van der Waals surface area contributed by atoms with E-state index in [1.165, 1.54) is 0 Å². The van der Waals surface area contributed by atoms with Crippen LogP contribution in [0, 0.1) is 5.41 Å². The lowest BCUT2D eigenvalue weighted by Gasteiger charge is -2.38. The van der Waals surface area contributed by atoms with Crippen LogP contribution in [0.25, 0.3) is 11.4 Å². The van der Waals surface area contributed by atoms with Gasteiger partial charge in [-0.05, 0) is 41.7 Å². The second-order valence-corrected chi connectivity index (χ2v) is 9.26. The summed E-state index contributed by atoms with van der Waals surface area (Å²) < 4.78 is 18.5. The Morgan fingerprint density at radius 2 is 1.71 bits per heavy atom. The van der Waals surface area contributed by atoms with Crippen LogP contribution in [-0.2, 0) is 4.79 Å². The highest BCUT2D eigenvalue weighted by Crippen LogP contribution is 2.48. The Labute approximate surface area is 197 Å². The molecule has 0 amide bonds. The molecule has 0 spiro atoms. The van der Waals surface area contributed by atoms with Crippen molar-refractivity contribution in [1.29, 1.82) is 0 Å². The number of nitrogens with zero attached hydrogens (tertiary/aromatic N) is 4. The Morgan fingerprint density at radius 3 is 2.32 bits per heavy atom. The van der Waals surface area contributed by atoms with Crippen molar-refractivity contribution >= 4 is 11.7 Å². The molecule has 34 heavy (non-hydrogen) atoms. The van der Waals surface area contributed by atoms with Crippen molar-refractivity contribution in [2.45, 2.75) is 32.7 Å². The SMILES string of the molecule is COc1cc([C@H]2C3=C(CC(C)(C)CC3=O)Nc3nc(-c4ccncc4)nn32)cc(OC)c1OC. The number of anilines is 1. The van der Waals surface area contributed by atoms with Crippen LogP contribution in [0.2, 0.25) is 0 Å². The van der Waals surface area contributed by atoms with Crippen LogP contribution in [0.1, 0.15) is 38.3 Å². The fraction of sp³-hybridized carbons (Fsp3) is 0.360. The van der Waals surface area contributed by atoms with Gasteiger partial charge in [0.1, 0.15) is 6.04 Å². The minimum atomic E-state index is -0.494. The normalized spacial score (nSPS) is 18.6. The smallest absolute Gasteiger partial charge is 0.226 e. The molecule has 0 unspecified atom stereocenters. The van der Waals surface area contributed by atoms with Crippen molar-refractivity contribution in [2.24, 2.45) is 5.41 Å². The van der Waals surface area contributed by atoms with Crippen molar-refractivity contribution in [3.63, 3.8) is 0 Å². The lowest BCUT2D eigenvalue weighted by atomic mass is 9.73. The number of methoxy groups -OCH3 is 3. The summed E-state index contributed by atoms with van der Waals surface area (Å²) in [5.41, 5.74) is 3.04. The Hall–Kier alpha value is -3.88. The molecular weight excluding hydrogens is 434 g/mol. The Kier molecular flexibility index (Phi) is 5.27. The molecule has 1 atom stereocenters. The Morgan fingerprint density at radius 1 is 1.03 bits per heavy atom. The van der Waals surface area contributed by atoms with E-state index >= 15 is 0 Å². The van der Waals surface area contributed by atoms with Crippen molar-refractivity contribution in [1.82, 2.24) is 19.7 Å². The predicted octanol–water partition coefficient (Wildman–Crippen LogP) is 4.02. The number of pyridine rings is 1. The zero-order chi connectivity index (χ0) is 24.0. The highest BCUT2D eigenvalue weighted by Gasteiger charge is 2.42. The van der Waals surface area contributed by atoms with E-state index in [1.807, 2.05) is 24.3 Å². The number of hydrogen-bond donors (Lipinski definition) is 1. The average Bonchev–Trinajstić information content (AvgIpc) is 3.25. The number of hydrogen-bond acceptors (Lipinski definition) is 8. The number of carbonyl (C=O) groups excluding carboxylic acids is 1. The van der Waals surface area contributed by atoms with Gasteiger partial charge < -0.3 is 19.5 Å². The molecule has 1 aliphatic carbocycles. The number of ether oxygens (including phenoxy) is 3. The lowest BCUT2D eigenvalue weighted by Crippen LogP contribution is -2.36. The van der Waals surface area contributed by atoms with Crippen LogP contribution >= 0.6 is 0 Å². The molecule has 1 aromatic carbocycles. The monoisotopic (exact) mass is 461 g/mol. The molecule has 0 saturated carbocycles. The zero-order valence-corrected chi connectivity index (χ0v) is 19.9. The molecule has 9 nitrogen and oxygen atoms in total. The molecule has 0 saturated heterocycles. The number of ketones is 1. The molecule has 0 fully saturated rings. The Balaban J connectivity index is 1.73. The average molecular weight is 462 g/mol. The van der Waals surface area contributed by atoms with Crippen LogP contribution in [0.15, 0.2) is 47.9 Å². The van der Waals surface area contributed by atoms with Crippen LogP contribution in [0.3, 0.4) is 0 Å². The zero-order valence-electron chi connectivity index (χ0n) is 19.9. The third kappa shape index (κ3) is 3.57. The number of rotatable bonds is 5. The van der Waals surface area contributed by atoms with Crippen molar-refractivity contribution < 1.29 is 19.0 Å². The summed E-state index contributed by atoms with van der Waals surface area (Å²) in [5, 5.41) is 8.21. The minimum absolute atomic E-state index is 0.0871. The van der Waals surface area contributed by atoms with Gasteiger partial charge in [-0.3, -0.25) is 9.78 Å². The van der Waals surface area contributed by atoms with Gasteiger partial charge in [0.2, 0.25) is 11.7 Å². The molecule has 2 aromatic heterocycles. The number of carbonyl (C=O) groups is 1. The first-order valence-corrected chi connectivity index (χ1v) is 11.1. The molecule has 0 radical (unpaired) electrons. The quantitative estimate of drug-likeness (QED) is 0.608. The summed E-state index contributed by atoms with van der Waals surface area (Å²) in [5.74, 6) is 2.73. The highest BCUT2D eigenvalue weighted by atomic mass is 16.5. The molecule has 2 aliphatic rings. The number of benzene rings is 1. The molecule has 9 heteroatoms. The first kappa shape index (κ1) is 21.9. The van der Waals surface area contributed by atoms with E-state index in [-0.39, 0.29) is 11.2 Å². The van der Waals surface area contributed by atoms with E-state index in [4.69, 9.17) is 24.3 Å². The van der Waals surface area contributed by atoms with Gasteiger partial charge in [0, 0.05) is 35.6 Å². The van der Waals surface area contributed by atoms with Gasteiger partial charge in [-0.25, -0.2) is 4.68 Å². The molecule has 3 heterocycles. The number of Topliss-reactive ketones (excluding diaryl/α,β-unsaturated/α-hetero) is 1. The third-order valence-corrected chi connectivity index (χ3v) is 6.27. The van der Waals surface area contributed by atoms with E-state index in [0.29, 0.717) is 41.0 Å². The number of nitrogens with one attached hydrogen (secondary N) is 1. The maximum absolute atomic E-state index is 13.5. The van der Waals surface area contributed by atoms with E-state index in [1.54, 1.807) is 38.4 Å². The van der Waals surface area contributed by atoms with Crippen molar-refractivity contribution in [3.8, 4) is 28.6 Å². The maximum Gasteiger partial charge on any atom is 0.226 e. The number of aromatic nitrogens is 4. The summed E-state index contributed by atoms with van der Waals surface area (Å²) in [6.45, 7) is 4.21.